The maximum absolute atomic E-state index is 5.75. The minimum Gasteiger partial charge on any atom is -0.376 e. The Bertz CT molecular complexity index is 370. The first kappa shape index (κ1) is 16.4. The van der Waals surface area contributed by atoms with E-state index in [9.17, 15) is 0 Å². The van der Waals surface area contributed by atoms with Crippen LogP contribution >= 0.6 is 0 Å². The topological polar surface area (TPSA) is 46.2 Å². The van der Waals surface area contributed by atoms with Crippen LogP contribution in [0.25, 0.3) is 0 Å². The molecule has 1 saturated heterocycles. The predicted octanol–water partition coefficient (Wildman–Crippen LogP) is 2.00. The quantitative estimate of drug-likeness (QED) is 0.488. The average molecular weight is 296 g/mol. The summed E-state index contributed by atoms with van der Waals surface area (Å²) in [5.74, 6) is 0. The molecule has 1 aromatic carbocycles. The first-order valence-corrected chi connectivity index (χ1v) is 7.40. The average Bonchev–Trinajstić information content (AvgIpc) is 2.96. The summed E-state index contributed by atoms with van der Waals surface area (Å²) in [5, 5.41) is 0. The Labute approximate surface area is 126 Å². The van der Waals surface area contributed by atoms with Crippen molar-refractivity contribution in [3.05, 3.63) is 35.9 Å². The molecule has 2 rings (SSSR count). The fourth-order valence-corrected chi connectivity index (χ4v) is 2.07. The van der Waals surface area contributed by atoms with E-state index < -0.39 is 0 Å². The molecule has 118 valence electrons. The van der Waals surface area contributed by atoms with Gasteiger partial charge in [-0.15, -0.1) is 0 Å². The maximum Gasteiger partial charge on any atom is 0.147 e. The molecule has 1 aromatic rings. The van der Waals surface area contributed by atoms with Gasteiger partial charge in [-0.3, -0.25) is 0 Å². The van der Waals surface area contributed by atoms with Gasteiger partial charge in [-0.2, -0.15) is 0 Å². The number of rotatable bonds is 10. The number of hydrogen-bond acceptors (Lipinski definition) is 5. The fourth-order valence-electron chi connectivity index (χ4n) is 2.07. The Hall–Kier alpha value is -0.980. The fraction of sp³-hybridized carbons (Fsp3) is 0.625. The van der Waals surface area contributed by atoms with Crippen molar-refractivity contribution >= 4 is 0 Å². The van der Waals surface area contributed by atoms with Gasteiger partial charge in [0.25, 0.3) is 0 Å². The second-order valence-corrected chi connectivity index (χ2v) is 4.80. The summed E-state index contributed by atoms with van der Waals surface area (Å²) in [5.41, 5.74) is 1.17. The Kier molecular flexibility index (Phi) is 7.70. The number of ether oxygens (including phenoxy) is 5. The van der Waals surface area contributed by atoms with E-state index in [4.69, 9.17) is 23.7 Å². The van der Waals surface area contributed by atoms with Crippen molar-refractivity contribution < 1.29 is 23.7 Å². The summed E-state index contributed by atoms with van der Waals surface area (Å²) in [7, 11) is 0. The highest BCUT2D eigenvalue weighted by Gasteiger charge is 2.29. The molecule has 2 atom stereocenters. The molecule has 1 aliphatic rings. The molecule has 0 N–H and O–H groups in total. The molecule has 0 radical (unpaired) electrons. The van der Waals surface area contributed by atoms with E-state index in [0.717, 1.165) is 0 Å². The Balaban J connectivity index is 1.55. The summed E-state index contributed by atoms with van der Waals surface area (Å²) in [6.45, 7) is 5.69. The minimum atomic E-state index is -0.0503. The highest BCUT2D eigenvalue weighted by Crippen LogP contribution is 2.13. The van der Waals surface area contributed by atoms with E-state index in [1.807, 2.05) is 37.3 Å². The van der Waals surface area contributed by atoms with E-state index in [2.05, 4.69) is 0 Å². The summed E-state index contributed by atoms with van der Waals surface area (Å²) < 4.78 is 27.5. The van der Waals surface area contributed by atoms with Crippen LogP contribution in [0.5, 0.6) is 0 Å². The lowest BCUT2D eigenvalue weighted by molar-refractivity contribution is -0.124. The molecule has 21 heavy (non-hydrogen) atoms. The van der Waals surface area contributed by atoms with Crippen LogP contribution in [0.1, 0.15) is 12.5 Å². The normalized spacial score (nSPS) is 21.8. The third-order valence-corrected chi connectivity index (χ3v) is 3.22. The summed E-state index contributed by atoms with van der Waals surface area (Å²) in [4.78, 5) is 0. The lowest BCUT2D eigenvalue weighted by atomic mass is 10.2. The van der Waals surface area contributed by atoms with Gasteiger partial charge in [0, 0.05) is 6.61 Å². The SMILES string of the molecule is CCOCOC1COCC1OCCOCc1ccccc1. The van der Waals surface area contributed by atoms with Gasteiger partial charge in [0.2, 0.25) is 0 Å². The summed E-state index contributed by atoms with van der Waals surface area (Å²) in [6, 6.07) is 10.1. The van der Waals surface area contributed by atoms with E-state index in [1.165, 1.54) is 5.56 Å². The van der Waals surface area contributed by atoms with Gasteiger partial charge in [-0.1, -0.05) is 30.3 Å². The third-order valence-electron chi connectivity index (χ3n) is 3.22. The highest BCUT2D eigenvalue weighted by atomic mass is 16.7. The molecule has 5 nitrogen and oxygen atoms in total. The molecule has 0 bridgehead atoms. The van der Waals surface area contributed by atoms with E-state index in [0.29, 0.717) is 39.6 Å². The number of hydrogen-bond donors (Lipinski definition) is 0. The van der Waals surface area contributed by atoms with Crippen molar-refractivity contribution in [2.75, 3.05) is 39.8 Å². The Morgan fingerprint density at radius 3 is 2.52 bits per heavy atom. The van der Waals surface area contributed by atoms with E-state index >= 15 is 0 Å². The molecule has 1 fully saturated rings. The van der Waals surface area contributed by atoms with Gasteiger partial charge in [0.1, 0.15) is 19.0 Å². The van der Waals surface area contributed by atoms with Crippen LogP contribution in [0, 0.1) is 0 Å². The van der Waals surface area contributed by atoms with Crippen LogP contribution in [0.4, 0.5) is 0 Å². The lowest BCUT2D eigenvalue weighted by Crippen LogP contribution is -2.31. The Morgan fingerprint density at radius 2 is 1.76 bits per heavy atom. The molecular formula is C16H24O5. The van der Waals surface area contributed by atoms with Crippen LogP contribution in [-0.2, 0) is 30.3 Å². The van der Waals surface area contributed by atoms with Crippen LogP contribution in [0.2, 0.25) is 0 Å². The highest BCUT2D eigenvalue weighted by molar-refractivity contribution is 5.13. The molecule has 0 spiro atoms. The lowest BCUT2D eigenvalue weighted by Gasteiger charge is -2.18. The zero-order valence-corrected chi connectivity index (χ0v) is 12.5. The van der Waals surface area contributed by atoms with Gasteiger partial charge in [-0.05, 0) is 12.5 Å². The maximum atomic E-state index is 5.75. The van der Waals surface area contributed by atoms with Crippen LogP contribution in [-0.4, -0.2) is 52.0 Å². The molecule has 5 heteroatoms. The van der Waals surface area contributed by atoms with Crippen molar-refractivity contribution in [2.45, 2.75) is 25.7 Å². The molecule has 0 aliphatic carbocycles. The van der Waals surface area contributed by atoms with Gasteiger partial charge in [0.15, 0.2) is 0 Å². The summed E-state index contributed by atoms with van der Waals surface area (Å²) in [6.07, 6.45) is -0.0866. The van der Waals surface area contributed by atoms with Gasteiger partial charge < -0.3 is 23.7 Å². The van der Waals surface area contributed by atoms with Crippen molar-refractivity contribution in [1.29, 1.82) is 0 Å². The zero-order valence-electron chi connectivity index (χ0n) is 12.5. The largest absolute Gasteiger partial charge is 0.376 e. The molecule has 1 aliphatic heterocycles. The second kappa shape index (κ2) is 9.87. The van der Waals surface area contributed by atoms with E-state index in [-0.39, 0.29) is 19.0 Å². The zero-order chi connectivity index (χ0) is 14.8. The first-order chi connectivity index (χ1) is 10.4. The predicted molar refractivity (Wildman–Crippen MR) is 78.0 cm³/mol. The number of benzene rings is 1. The molecule has 0 aromatic heterocycles. The summed E-state index contributed by atoms with van der Waals surface area (Å²) >= 11 is 0. The van der Waals surface area contributed by atoms with Crippen LogP contribution in [0.15, 0.2) is 30.3 Å². The molecule has 0 amide bonds. The first-order valence-electron chi connectivity index (χ1n) is 7.40. The van der Waals surface area contributed by atoms with Crippen molar-refractivity contribution in [3.63, 3.8) is 0 Å². The third kappa shape index (κ3) is 6.11. The van der Waals surface area contributed by atoms with Crippen LogP contribution < -0.4 is 0 Å². The molecule has 1 heterocycles. The van der Waals surface area contributed by atoms with Crippen molar-refractivity contribution in [1.82, 2.24) is 0 Å². The minimum absolute atomic E-state index is 0.0363. The van der Waals surface area contributed by atoms with Crippen LogP contribution in [0.3, 0.4) is 0 Å². The van der Waals surface area contributed by atoms with Gasteiger partial charge in [-0.25, -0.2) is 0 Å². The smallest absolute Gasteiger partial charge is 0.147 e. The standard InChI is InChI=1S/C16H24O5/c1-2-17-13-21-16-12-19-11-15(16)20-9-8-18-10-14-6-4-3-5-7-14/h3-7,15-16H,2,8-13H2,1H3. The molecule has 2 unspecified atom stereocenters. The second-order valence-electron chi connectivity index (χ2n) is 4.80. The van der Waals surface area contributed by atoms with E-state index in [1.54, 1.807) is 0 Å². The van der Waals surface area contributed by atoms with Crippen molar-refractivity contribution in [3.8, 4) is 0 Å². The Morgan fingerprint density at radius 1 is 1.00 bits per heavy atom. The molecular weight excluding hydrogens is 272 g/mol. The molecule has 0 saturated carbocycles. The van der Waals surface area contributed by atoms with Gasteiger partial charge >= 0.3 is 0 Å². The van der Waals surface area contributed by atoms with Crippen molar-refractivity contribution in [2.24, 2.45) is 0 Å². The van der Waals surface area contributed by atoms with Gasteiger partial charge in [0.05, 0.1) is 33.0 Å². The monoisotopic (exact) mass is 296 g/mol.